The van der Waals surface area contributed by atoms with Crippen molar-refractivity contribution in [3.8, 4) is 40.0 Å². The van der Waals surface area contributed by atoms with Gasteiger partial charge in [-0.15, -0.1) is 11.3 Å². The largest absolute Gasteiger partial charge is 0.507 e. The van der Waals surface area contributed by atoms with E-state index in [0.717, 1.165) is 0 Å². The highest BCUT2D eigenvalue weighted by molar-refractivity contribution is 7.14. The Morgan fingerprint density at radius 2 is 1.97 bits per heavy atom. The summed E-state index contributed by atoms with van der Waals surface area (Å²) in [7, 11) is 1.44. The maximum absolute atomic E-state index is 13.4. The molecule has 0 fully saturated rings. The number of aromatic nitrogens is 1. The van der Waals surface area contributed by atoms with Gasteiger partial charge in [0.2, 0.25) is 5.13 Å². The molecule has 1 aliphatic heterocycles. The molecule has 5 rings (SSSR count). The molecule has 5 N–H and O–H groups in total. The van der Waals surface area contributed by atoms with Gasteiger partial charge in [-0.1, -0.05) is 0 Å². The number of ketones is 2. The number of hydrogen-bond acceptors (Lipinski definition) is 12. The summed E-state index contributed by atoms with van der Waals surface area (Å²) < 4.78 is 11.0. The third kappa shape index (κ3) is 3.87. The standard InChI is InChI=1S/C27H23N3O8S/c1-11-22(34)20(14-10-39-26(29-14)30-28-9-13-5-6-15(32)17(7-13)37-4)24-21(23(11)35)27(3)18(38-24)8-16(33)19(12(2)31)25(27)36/h5-10,32-35H,1-4H3,(H,29,30)/b28-9+/t27-/m0/s1. The van der Waals surface area contributed by atoms with Crippen LogP contribution in [0.5, 0.6) is 28.7 Å². The van der Waals surface area contributed by atoms with Crippen molar-refractivity contribution in [3.63, 3.8) is 0 Å². The number of phenols is 3. The first-order valence-electron chi connectivity index (χ1n) is 11.6. The summed E-state index contributed by atoms with van der Waals surface area (Å²) >= 11 is 1.18. The third-order valence-corrected chi connectivity index (χ3v) is 7.49. The number of carbonyl (C=O) groups excluding carboxylic acids is 2. The number of carbonyl (C=O) groups is 2. The van der Waals surface area contributed by atoms with E-state index < -0.39 is 28.3 Å². The number of Topliss-reactive ketones (excluding diaryl/α,β-unsaturated/α-hetero) is 2. The molecule has 0 saturated carbocycles. The molecule has 3 aromatic rings. The lowest BCUT2D eigenvalue weighted by Gasteiger charge is -2.28. The Labute approximate surface area is 226 Å². The van der Waals surface area contributed by atoms with E-state index in [1.54, 1.807) is 17.5 Å². The van der Waals surface area contributed by atoms with Crippen LogP contribution in [0.1, 0.15) is 30.5 Å². The van der Waals surface area contributed by atoms with Crippen LogP contribution in [-0.4, -0.2) is 50.3 Å². The molecule has 0 spiro atoms. The number of aromatic hydroxyl groups is 3. The van der Waals surface area contributed by atoms with Crippen LogP contribution in [0.15, 0.2) is 51.8 Å². The molecule has 11 nitrogen and oxygen atoms in total. The third-order valence-electron chi connectivity index (χ3n) is 6.74. The van der Waals surface area contributed by atoms with Gasteiger partial charge >= 0.3 is 0 Å². The van der Waals surface area contributed by atoms with E-state index in [1.165, 1.54) is 57.6 Å². The number of allylic oxidation sites excluding steroid dienone is 3. The fourth-order valence-corrected chi connectivity index (χ4v) is 5.29. The number of thiazole rings is 1. The molecule has 0 saturated heterocycles. The van der Waals surface area contributed by atoms with Crippen LogP contribution < -0.4 is 14.9 Å². The van der Waals surface area contributed by atoms with Crippen molar-refractivity contribution in [2.24, 2.45) is 5.10 Å². The Morgan fingerprint density at radius 3 is 2.67 bits per heavy atom. The highest BCUT2D eigenvalue weighted by Gasteiger charge is 2.55. The number of nitrogens with zero attached hydrogens (tertiary/aromatic N) is 2. The van der Waals surface area contributed by atoms with Gasteiger partial charge < -0.3 is 29.9 Å². The van der Waals surface area contributed by atoms with E-state index in [0.29, 0.717) is 16.4 Å². The molecule has 2 heterocycles. The normalized spacial score (nSPS) is 18.1. The highest BCUT2D eigenvalue weighted by atomic mass is 32.1. The van der Waals surface area contributed by atoms with Gasteiger partial charge in [-0.05, 0) is 44.5 Å². The minimum absolute atomic E-state index is 0.000556. The van der Waals surface area contributed by atoms with Gasteiger partial charge in [-0.3, -0.25) is 15.0 Å². The van der Waals surface area contributed by atoms with E-state index in [1.807, 2.05) is 0 Å². The predicted octanol–water partition coefficient (Wildman–Crippen LogP) is 4.21. The van der Waals surface area contributed by atoms with Gasteiger partial charge in [0.15, 0.2) is 23.1 Å². The van der Waals surface area contributed by atoms with Crippen molar-refractivity contribution in [2.75, 3.05) is 12.5 Å². The van der Waals surface area contributed by atoms with Crippen molar-refractivity contribution in [1.29, 1.82) is 0 Å². The Morgan fingerprint density at radius 1 is 1.23 bits per heavy atom. The Kier molecular flexibility index (Phi) is 6.06. The summed E-state index contributed by atoms with van der Waals surface area (Å²) in [6, 6.07) is 4.73. The van der Waals surface area contributed by atoms with E-state index in [-0.39, 0.29) is 51.1 Å². The molecular weight excluding hydrogens is 526 g/mol. The van der Waals surface area contributed by atoms with Crippen molar-refractivity contribution in [2.45, 2.75) is 26.2 Å². The second kappa shape index (κ2) is 9.17. The second-order valence-electron chi connectivity index (χ2n) is 9.12. The topological polar surface area (TPSA) is 171 Å². The van der Waals surface area contributed by atoms with E-state index in [9.17, 15) is 30.0 Å². The van der Waals surface area contributed by atoms with Crippen molar-refractivity contribution >= 4 is 34.2 Å². The van der Waals surface area contributed by atoms with Gasteiger partial charge in [0.25, 0.3) is 0 Å². The second-order valence-corrected chi connectivity index (χ2v) is 9.98. The van der Waals surface area contributed by atoms with Crippen LogP contribution in [0.4, 0.5) is 5.13 Å². The number of ether oxygens (including phenoxy) is 2. The molecular formula is C27H23N3O8S. The molecule has 39 heavy (non-hydrogen) atoms. The molecule has 0 bridgehead atoms. The summed E-state index contributed by atoms with van der Waals surface area (Å²) in [4.78, 5) is 30.0. The number of nitrogens with one attached hydrogen (secondary N) is 1. The van der Waals surface area contributed by atoms with Crippen LogP contribution in [0, 0.1) is 6.92 Å². The van der Waals surface area contributed by atoms with Crippen molar-refractivity contribution in [1.82, 2.24) is 4.98 Å². The minimum atomic E-state index is -1.60. The number of hydrazone groups is 1. The van der Waals surface area contributed by atoms with Crippen LogP contribution in [-0.2, 0) is 15.0 Å². The van der Waals surface area contributed by atoms with Crippen LogP contribution in [0.25, 0.3) is 11.3 Å². The molecule has 2 aliphatic rings. The van der Waals surface area contributed by atoms with Crippen LogP contribution in [0.3, 0.4) is 0 Å². The first kappa shape index (κ1) is 25.8. The lowest BCUT2D eigenvalue weighted by atomic mass is 9.71. The molecule has 1 atom stereocenters. The molecule has 1 aliphatic carbocycles. The molecule has 0 radical (unpaired) electrons. The summed E-state index contributed by atoms with van der Waals surface area (Å²) in [5, 5.41) is 48.2. The molecule has 0 amide bonds. The number of aliphatic hydroxyl groups excluding tert-OH is 1. The smallest absolute Gasteiger partial charge is 0.203 e. The highest BCUT2D eigenvalue weighted by Crippen LogP contribution is 2.60. The molecule has 1 aromatic heterocycles. The fourth-order valence-electron chi connectivity index (χ4n) is 4.64. The number of hydrogen-bond donors (Lipinski definition) is 5. The van der Waals surface area contributed by atoms with Crippen LogP contribution >= 0.6 is 11.3 Å². The molecule has 200 valence electrons. The first-order valence-corrected chi connectivity index (χ1v) is 12.5. The monoisotopic (exact) mass is 549 g/mol. The maximum atomic E-state index is 13.4. The van der Waals surface area contributed by atoms with E-state index in [4.69, 9.17) is 9.47 Å². The Hall–Kier alpha value is -4.84. The SMILES string of the molecule is COc1cc(/C=N/Nc2nc(-c3c(O)c(C)c(O)c4c3OC3=CC(O)=C(C(C)=O)C(=O)[C@@]34C)cs2)ccc1O. The summed E-state index contributed by atoms with van der Waals surface area (Å²) in [5.74, 6) is -2.25. The lowest BCUT2D eigenvalue weighted by molar-refractivity contribution is -0.123. The number of anilines is 1. The number of rotatable bonds is 6. The summed E-state index contributed by atoms with van der Waals surface area (Å²) in [6.45, 7) is 4.14. The van der Waals surface area contributed by atoms with Crippen LogP contribution in [0.2, 0.25) is 0 Å². The number of methoxy groups -OCH3 is 1. The average Bonchev–Trinajstić information content (AvgIpc) is 3.46. The van der Waals surface area contributed by atoms with Crippen molar-refractivity contribution < 1.29 is 39.5 Å². The number of benzene rings is 2. The zero-order valence-electron chi connectivity index (χ0n) is 21.2. The van der Waals surface area contributed by atoms with E-state index in [2.05, 4.69) is 15.5 Å². The fraction of sp³-hybridized carbons (Fsp3) is 0.185. The minimum Gasteiger partial charge on any atom is -0.507 e. The van der Waals surface area contributed by atoms with Gasteiger partial charge in [0.1, 0.15) is 39.8 Å². The quantitative estimate of drug-likeness (QED) is 0.170. The zero-order valence-corrected chi connectivity index (χ0v) is 22.0. The summed E-state index contributed by atoms with van der Waals surface area (Å²) in [5.41, 5.74) is 2.02. The van der Waals surface area contributed by atoms with Gasteiger partial charge in [-0.25, -0.2) is 4.98 Å². The molecule has 0 unspecified atom stereocenters. The number of aliphatic hydroxyl groups is 1. The van der Waals surface area contributed by atoms with Gasteiger partial charge in [-0.2, -0.15) is 5.10 Å². The van der Waals surface area contributed by atoms with Gasteiger partial charge in [0, 0.05) is 17.0 Å². The predicted molar refractivity (Wildman–Crippen MR) is 143 cm³/mol. The number of fused-ring (bicyclic) bond motifs is 3. The first-order chi connectivity index (χ1) is 18.5. The Bertz CT molecular complexity index is 1670. The Balaban J connectivity index is 1.53. The summed E-state index contributed by atoms with van der Waals surface area (Å²) in [6.07, 6.45) is 2.68. The average molecular weight is 550 g/mol. The van der Waals surface area contributed by atoms with Gasteiger partial charge in [0.05, 0.1) is 30.1 Å². The zero-order chi connectivity index (χ0) is 28.2. The lowest BCUT2D eigenvalue weighted by Crippen LogP contribution is -2.38. The molecule has 12 heteroatoms. The van der Waals surface area contributed by atoms with E-state index >= 15 is 0 Å². The van der Waals surface area contributed by atoms with Crippen molar-refractivity contribution in [3.05, 3.63) is 63.4 Å². The maximum Gasteiger partial charge on any atom is 0.203 e. The molecule has 2 aromatic carbocycles. The number of phenolic OH excluding ortho intramolecular Hbond substituents is 3.